The quantitative estimate of drug-likeness (QED) is 0.750. The summed E-state index contributed by atoms with van der Waals surface area (Å²) in [5, 5.41) is 14.4. The molecule has 1 fully saturated rings. The molecule has 3 N–H and O–H groups in total. The van der Waals surface area contributed by atoms with Gasteiger partial charge in [-0.3, -0.25) is 0 Å². The molecule has 0 aromatic heterocycles. The number of aliphatic hydroxyl groups is 1. The van der Waals surface area contributed by atoms with Crippen LogP contribution in [0.15, 0.2) is 18.2 Å². The fraction of sp³-hybridized carbons (Fsp3) is 0.562. The van der Waals surface area contributed by atoms with E-state index in [-0.39, 0.29) is 24.7 Å². The highest BCUT2D eigenvalue weighted by atomic mass is 19.2. The van der Waals surface area contributed by atoms with Crippen LogP contribution in [0.5, 0.6) is 0 Å². The lowest BCUT2D eigenvalue weighted by Gasteiger charge is -2.22. The molecule has 3 unspecified atom stereocenters. The van der Waals surface area contributed by atoms with Crippen molar-refractivity contribution < 1.29 is 23.4 Å². The molecule has 128 valence electrons. The molecule has 1 aliphatic rings. The minimum atomic E-state index is -0.932. The summed E-state index contributed by atoms with van der Waals surface area (Å²) in [5.41, 5.74) is 0.500. The Balaban J connectivity index is 1.93. The lowest BCUT2D eigenvalue weighted by atomic mass is 10.0. The van der Waals surface area contributed by atoms with E-state index < -0.39 is 17.7 Å². The van der Waals surface area contributed by atoms with E-state index in [2.05, 4.69) is 10.6 Å². The maximum Gasteiger partial charge on any atom is 0.315 e. The van der Waals surface area contributed by atoms with Gasteiger partial charge in [-0.25, -0.2) is 13.6 Å². The molecule has 0 radical (unpaired) electrons. The van der Waals surface area contributed by atoms with Gasteiger partial charge in [0.15, 0.2) is 11.6 Å². The lowest BCUT2D eigenvalue weighted by Crippen LogP contribution is -2.46. The van der Waals surface area contributed by atoms with Crippen molar-refractivity contribution in [3.8, 4) is 0 Å². The Morgan fingerprint density at radius 1 is 1.43 bits per heavy atom. The molecule has 1 aliphatic heterocycles. The third-order valence-corrected chi connectivity index (χ3v) is 3.85. The van der Waals surface area contributed by atoms with E-state index in [1.54, 1.807) is 0 Å². The van der Waals surface area contributed by atoms with Crippen molar-refractivity contribution in [2.45, 2.75) is 44.4 Å². The lowest BCUT2D eigenvalue weighted by molar-refractivity contribution is 0.0994. The Hall–Kier alpha value is -1.73. The molecule has 1 aromatic carbocycles. The first-order valence-electron chi connectivity index (χ1n) is 7.75. The molecule has 7 heteroatoms. The van der Waals surface area contributed by atoms with Gasteiger partial charge in [0.2, 0.25) is 0 Å². The fourth-order valence-corrected chi connectivity index (χ4v) is 2.66. The van der Waals surface area contributed by atoms with Gasteiger partial charge in [-0.15, -0.1) is 0 Å². The topological polar surface area (TPSA) is 70.6 Å². The number of hydrogen-bond donors (Lipinski definition) is 3. The van der Waals surface area contributed by atoms with Crippen LogP contribution in [0.2, 0.25) is 0 Å². The average Bonchev–Trinajstić information content (AvgIpc) is 2.95. The van der Waals surface area contributed by atoms with Crippen molar-refractivity contribution in [2.24, 2.45) is 0 Å². The molecule has 1 saturated heterocycles. The van der Waals surface area contributed by atoms with Crippen molar-refractivity contribution in [3.63, 3.8) is 0 Å². The number of rotatable bonds is 6. The molecule has 0 saturated carbocycles. The molecule has 2 amide bonds. The number of ether oxygens (including phenoxy) is 1. The number of halogens is 2. The predicted molar refractivity (Wildman–Crippen MR) is 80.9 cm³/mol. The van der Waals surface area contributed by atoms with Crippen LogP contribution in [0.1, 0.15) is 37.9 Å². The number of urea groups is 1. The summed E-state index contributed by atoms with van der Waals surface area (Å²) in [6, 6.07) is 2.92. The Morgan fingerprint density at radius 2 is 2.22 bits per heavy atom. The highest BCUT2D eigenvalue weighted by Gasteiger charge is 2.31. The molecule has 23 heavy (non-hydrogen) atoms. The molecule has 0 bridgehead atoms. The van der Waals surface area contributed by atoms with Crippen molar-refractivity contribution in [3.05, 3.63) is 35.4 Å². The molecule has 0 spiro atoms. The first-order chi connectivity index (χ1) is 11.0. The van der Waals surface area contributed by atoms with Crippen molar-refractivity contribution in [2.75, 3.05) is 13.2 Å². The van der Waals surface area contributed by atoms with Crippen LogP contribution in [0.3, 0.4) is 0 Å². The Kier molecular flexibility index (Phi) is 6.29. The molecule has 2 rings (SSSR count). The maximum absolute atomic E-state index is 13.4. The molecular formula is C16H22F2N2O3. The van der Waals surface area contributed by atoms with Gasteiger partial charge in [-0.05, 0) is 43.9 Å². The maximum atomic E-state index is 13.4. The van der Waals surface area contributed by atoms with E-state index in [4.69, 9.17) is 9.84 Å². The zero-order valence-electron chi connectivity index (χ0n) is 13.0. The molecule has 3 atom stereocenters. The highest BCUT2D eigenvalue weighted by Crippen LogP contribution is 2.30. The van der Waals surface area contributed by atoms with Gasteiger partial charge < -0.3 is 20.5 Å². The summed E-state index contributed by atoms with van der Waals surface area (Å²) < 4.78 is 31.9. The molecular weight excluding hydrogens is 306 g/mol. The molecule has 0 aliphatic carbocycles. The van der Waals surface area contributed by atoms with Crippen molar-refractivity contribution in [1.29, 1.82) is 0 Å². The Morgan fingerprint density at radius 3 is 2.91 bits per heavy atom. The van der Waals surface area contributed by atoms with Gasteiger partial charge in [0, 0.05) is 19.3 Å². The zero-order valence-corrected chi connectivity index (χ0v) is 13.0. The summed E-state index contributed by atoms with van der Waals surface area (Å²) >= 11 is 0. The number of carbonyl (C=O) groups is 1. The summed E-state index contributed by atoms with van der Waals surface area (Å²) in [4.78, 5) is 12.0. The molecule has 1 aromatic rings. The van der Waals surface area contributed by atoms with E-state index in [1.165, 1.54) is 6.07 Å². The molecule has 5 nitrogen and oxygen atoms in total. The van der Waals surface area contributed by atoms with Crippen LogP contribution in [0, 0.1) is 11.6 Å². The van der Waals surface area contributed by atoms with Crippen LogP contribution in [0.4, 0.5) is 13.6 Å². The highest BCUT2D eigenvalue weighted by molar-refractivity contribution is 5.74. The number of benzene rings is 1. The van der Waals surface area contributed by atoms with Gasteiger partial charge in [0.05, 0.1) is 6.04 Å². The monoisotopic (exact) mass is 328 g/mol. The second kappa shape index (κ2) is 8.21. The van der Waals surface area contributed by atoms with Crippen LogP contribution < -0.4 is 10.6 Å². The number of hydrogen-bond acceptors (Lipinski definition) is 3. The first kappa shape index (κ1) is 17.6. The summed E-state index contributed by atoms with van der Waals surface area (Å²) in [7, 11) is 0. The predicted octanol–water partition coefficient (Wildman–Crippen LogP) is 2.25. The second-order valence-electron chi connectivity index (χ2n) is 5.74. The number of amides is 2. The second-order valence-corrected chi connectivity index (χ2v) is 5.74. The van der Waals surface area contributed by atoms with E-state index in [0.717, 1.165) is 12.1 Å². The largest absolute Gasteiger partial charge is 0.396 e. The smallest absolute Gasteiger partial charge is 0.315 e. The number of aliphatic hydroxyl groups excluding tert-OH is 1. The van der Waals surface area contributed by atoms with Gasteiger partial charge in [0.25, 0.3) is 0 Å². The fourth-order valence-electron chi connectivity index (χ4n) is 2.66. The van der Waals surface area contributed by atoms with Crippen LogP contribution in [0.25, 0.3) is 0 Å². The van der Waals surface area contributed by atoms with Gasteiger partial charge in [-0.2, -0.15) is 0 Å². The minimum Gasteiger partial charge on any atom is -0.396 e. The molecule has 1 heterocycles. The first-order valence-corrected chi connectivity index (χ1v) is 7.75. The van der Waals surface area contributed by atoms with E-state index in [9.17, 15) is 13.6 Å². The standard InChI is InChI=1S/C16H22F2N2O3/c1-10(3-2-7-21)19-16(22)20-14-6-8-23-15(14)11-4-5-12(17)13(18)9-11/h4-5,9-10,14-15,21H,2-3,6-8H2,1H3,(H2,19,20,22). The van der Waals surface area contributed by atoms with Crippen LogP contribution in [-0.4, -0.2) is 36.4 Å². The Bertz CT molecular complexity index is 542. The van der Waals surface area contributed by atoms with Crippen molar-refractivity contribution in [1.82, 2.24) is 10.6 Å². The van der Waals surface area contributed by atoms with Gasteiger partial charge in [0.1, 0.15) is 6.10 Å². The van der Waals surface area contributed by atoms with E-state index in [1.807, 2.05) is 6.92 Å². The van der Waals surface area contributed by atoms with Crippen LogP contribution >= 0.6 is 0 Å². The summed E-state index contributed by atoms with van der Waals surface area (Å²) in [6.45, 7) is 2.38. The normalized spacial score (nSPS) is 21.9. The third kappa shape index (κ3) is 4.87. The number of carbonyl (C=O) groups excluding carboxylic acids is 1. The number of nitrogens with one attached hydrogen (secondary N) is 2. The Labute approximate surface area is 134 Å². The zero-order chi connectivity index (χ0) is 16.8. The van der Waals surface area contributed by atoms with Crippen LogP contribution in [-0.2, 0) is 4.74 Å². The average molecular weight is 328 g/mol. The SMILES string of the molecule is CC(CCCO)NC(=O)NC1CCOC1c1ccc(F)c(F)c1. The van der Waals surface area contributed by atoms with Gasteiger partial charge >= 0.3 is 6.03 Å². The van der Waals surface area contributed by atoms with Crippen molar-refractivity contribution >= 4 is 6.03 Å². The summed E-state index contributed by atoms with van der Waals surface area (Å²) in [5.74, 6) is -1.84. The van der Waals surface area contributed by atoms with E-state index in [0.29, 0.717) is 31.4 Å². The summed E-state index contributed by atoms with van der Waals surface area (Å²) in [6.07, 6.45) is 1.40. The minimum absolute atomic E-state index is 0.0637. The third-order valence-electron chi connectivity index (χ3n) is 3.85. The van der Waals surface area contributed by atoms with E-state index >= 15 is 0 Å². The van der Waals surface area contributed by atoms with Gasteiger partial charge in [-0.1, -0.05) is 6.07 Å².